The first-order valence-corrected chi connectivity index (χ1v) is 8.34. The molecule has 0 amide bonds. The molecule has 5 nitrogen and oxygen atoms in total. The van der Waals surface area contributed by atoms with Gasteiger partial charge in [0.2, 0.25) is 5.89 Å². The Morgan fingerprint density at radius 3 is 2.96 bits per heavy atom. The number of ether oxygens (including phenoxy) is 2. The Morgan fingerprint density at radius 2 is 2.17 bits per heavy atom. The topological polar surface area (TPSA) is 61.6 Å². The quantitative estimate of drug-likeness (QED) is 0.629. The maximum absolute atomic E-state index is 11.8. The molecule has 0 aliphatic rings. The van der Waals surface area contributed by atoms with Crippen molar-refractivity contribution >= 4 is 17.3 Å². The highest BCUT2D eigenvalue weighted by molar-refractivity contribution is 7.13. The van der Waals surface area contributed by atoms with E-state index in [9.17, 15) is 4.79 Å². The summed E-state index contributed by atoms with van der Waals surface area (Å²) >= 11 is 1.54. The molecule has 0 aliphatic heterocycles. The molecule has 3 rings (SSSR count). The zero-order valence-electron chi connectivity index (χ0n) is 13.4. The lowest BCUT2D eigenvalue weighted by atomic mass is 10.1. The van der Waals surface area contributed by atoms with E-state index in [0.29, 0.717) is 17.3 Å². The molecule has 6 heteroatoms. The summed E-state index contributed by atoms with van der Waals surface area (Å²) in [7, 11) is 0. The van der Waals surface area contributed by atoms with Crippen LogP contribution in [0.2, 0.25) is 0 Å². The van der Waals surface area contributed by atoms with E-state index in [-0.39, 0.29) is 13.2 Å². The smallest absolute Gasteiger partial charge is 0.344 e. The van der Waals surface area contributed by atoms with Crippen LogP contribution >= 0.6 is 11.3 Å². The van der Waals surface area contributed by atoms with Gasteiger partial charge in [-0.05, 0) is 42.5 Å². The minimum Gasteiger partial charge on any atom is -0.482 e. The number of carbonyl (C=O) groups is 1. The number of hydrogen-bond donors (Lipinski definition) is 0. The summed E-state index contributed by atoms with van der Waals surface area (Å²) in [5.74, 6) is 0.771. The van der Waals surface area contributed by atoms with E-state index < -0.39 is 5.97 Å². The predicted molar refractivity (Wildman–Crippen MR) is 91.0 cm³/mol. The molecule has 0 atom stereocenters. The lowest BCUT2D eigenvalue weighted by Crippen LogP contribution is -2.15. The van der Waals surface area contributed by atoms with Gasteiger partial charge in [-0.15, -0.1) is 11.3 Å². The third-order valence-corrected chi connectivity index (χ3v) is 4.21. The maximum atomic E-state index is 11.8. The molecule has 24 heavy (non-hydrogen) atoms. The van der Waals surface area contributed by atoms with Crippen molar-refractivity contribution < 1.29 is 18.7 Å². The molecule has 0 N–H and O–H groups in total. The predicted octanol–water partition coefficient (Wildman–Crippen LogP) is 4.14. The standard InChI is InChI=1S/C18H17NO4S/c1-12-5-6-13(2)15(8-12)21-11-17(20)22-9-14-10-23-18(19-14)16-4-3-7-24-16/h3-8,10H,9,11H2,1-2H3. The van der Waals surface area contributed by atoms with Gasteiger partial charge in [0, 0.05) is 0 Å². The Balaban J connectivity index is 1.50. The molecule has 0 spiro atoms. The Labute approximate surface area is 143 Å². The van der Waals surface area contributed by atoms with Gasteiger partial charge in [-0.25, -0.2) is 9.78 Å². The molecule has 2 aromatic heterocycles. The maximum Gasteiger partial charge on any atom is 0.344 e. The largest absolute Gasteiger partial charge is 0.482 e. The molecule has 124 valence electrons. The first-order valence-electron chi connectivity index (χ1n) is 7.46. The Bertz CT molecular complexity index is 823. The van der Waals surface area contributed by atoms with Crippen molar-refractivity contribution in [3.8, 4) is 16.5 Å². The van der Waals surface area contributed by atoms with Crippen LogP contribution in [0.15, 0.2) is 46.4 Å². The van der Waals surface area contributed by atoms with Crippen LogP contribution in [0.25, 0.3) is 10.8 Å². The lowest BCUT2D eigenvalue weighted by Gasteiger charge is -2.09. The van der Waals surface area contributed by atoms with Gasteiger partial charge >= 0.3 is 5.97 Å². The summed E-state index contributed by atoms with van der Waals surface area (Å²) in [6.07, 6.45) is 1.49. The molecule has 3 aromatic rings. The summed E-state index contributed by atoms with van der Waals surface area (Å²) in [5.41, 5.74) is 2.62. The SMILES string of the molecule is Cc1ccc(C)c(OCC(=O)OCc2coc(-c3cccs3)n2)c1. The van der Waals surface area contributed by atoms with Crippen LogP contribution in [-0.2, 0) is 16.1 Å². The normalized spacial score (nSPS) is 10.6. The minimum atomic E-state index is -0.448. The number of aromatic nitrogens is 1. The van der Waals surface area contributed by atoms with Crippen molar-refractivity contribution in [3.05, 3.63) is 58.8 Å². The highest BCUT2D eigenvalue weighted by Gasteiger charge is 2.11. The van der Waals surface area contributed by atoms with Crippen LogP contribution in [0.3, 0.4) is 0 Å². The van der Waals surface area contributed by atoms with Crippen LogP contribution < -0.4 is 4.74 Å². The van der Waals surface area contributed by atoms with Crippen LogP contribution in [0, 0.1) is 13.8 Å². The van der Waals surface area contributed by atoms with Crippen LogP contribution in [0.1, 0.15) is 16.8 Å². The van der Waals surface area contributed by atoms with Gasteiger partial charge in [-0.2, -0.15) is 0 Å². The number of esters is 1. The summed E-state index contributed by atoms with van der Waals surface area (Å²) in [4.78, 5) is 17.0. The number of thiophene rings is 1. The van der Waals surface area contributed by atoms with Crippen molar-refractivity contribution in [2.45, 2.75) is 20.5 Å². The molecule has 1 aromatic carbocycles. The molecular formula is C18H17NO4S. The Morgan fingerprint density at radius 1 is 1.29 bits per heavy atom. The van der Waals surface area contributed by atoms with E-state index >= 15 is 0 Å². The van der Waals surface area contributed by atoms with Gasteiger partial charge in [0.25, 0.3) is 0 Å². The van der Waals surface area contributed by atoms with Crippen molar-refractivity contribution in [2.75, 3.05) is 6.61 Å². The second-order valence-corrected chi connectivity index (χ2v) is 6.29. The van der Waals surface area contributed by atoms with Crippen molar-refractivity contribution in [1.29, 1.82) is 0 Å². The average Bonchev–Trinajstić information content (AvgIpc) is 3.24. The van der Waals surface area contributed by atoms with Gasteiger partial charge in [-0.3, -0.25) is 0 Å². The number of carbonyl (C=O) groups excluding carboxylic acids is 1. The fourth-order valence-electron chi connectivity index (χ4n) is 2.08. The van der Waals surface area contributed by atoms with E-state index in [4.69, 9.17) is 13.9 Å². The van der Waals surface area contributed by atoms with E-state index in [1.165, 1.54) is 17.6 Å². The summed E-state index contributed by atoms with van der Waals surface area (Å²) in [6, 6.07) is 9.69. The first-order chi connectivity index (χ1) is 11.6. The number of rotatable bonds is 6. The van der Waals surface area contributed by atoms with Gasteiger partial charge < -0.3 is 13.9 Å². The number of oxazole rings is 1. The third-order valence-electron chi connectivity index (χ3n) is 3.35. The molecule has 0 radical (unpaired) electrons. The summed E-state index contributed by atoms with van der Waals surface area (Å²) in [5, 5.41) is 1.95. The lowest BCUT2D eigenvalue weighted by molar-refractivity contribution is -0.147. The fraction of sp³-hybridized carbons (Fsp3) is 0.222. The third kappa shape index (κ3) is 4.02. The van der Waals surface area contributed by atoms with Crippen LogP contribution in [0.4, 0.5) is 0 Å². The summed E-state index contributed by atoms with van der Waals surface area (Å²) in [6.45, 7) is 3.83. The zero-order chi connectivity index (χ0) is 16.9. The summed E-state index contributed by atoms with van der Waals surface area (Å²) < 4.78 is 16.1. The monoisotopic (exact) mass is 343 g/mol. The van der Waals surface area contributed by atoms with E-state index in [2.05, 4.69) is 4.98 Å². The molecule has 0 aliphatic carbocycles. The molecular weight excluding hydrogens is 326 g/mol. The highest BCUT2D eigenvalue weighted by Crippen LogP contribution is 2.24. The molecule has 0 fully saturated rings. The fourth-order valence-corrected chi connectivity index (χ4v) is 2.74. The molecule has 0 saturated heterocycles. The number of benzene rings is 1. The van der Waals surface area contributed by atoms with Crippen molar-refractivity contribution in [2.24, 2.45) is 0 Å². The second kappa shape index (κ2) is 7.31. The Kier molecular flexibility index (Phi) is 4.96. The van der Waals surface area contributed by atoms with Gasteiger partial charge in [0.1, 0.15) is 24.3 Å². The van der Waals surface area contributed by atoms with E-state index in [1.54, 1.807) is 0 Å². The van der Waals surface area contributed by atoms with Crippen LogP contribution in [-0.4, -0.2) is 17.6 Å². The van der Waals surface area contributed by atoms with Gasteiger partial charge in [0.15, 0.2) is 6.61 Å². The number of nitrogens with zero attached hydrogens (tertiary/aromatic N) is 1. The average molecular weight is 343 g/mol. The molecule has 2 heterocycles. The number of hydrogen-bond acceptors (Lipinski definition) is 6. The van der Waals surface area contributed by atoms with Crippen molar-refractivity contribution in [3.63, 3.8) is 0 Å². The minimum absolute atomic E-state index is 0.0594. The zero-order valence-corrected chi connectivity index (χ0v) is 14.3. The number of aryl methyl sites for hydroxylation is 2. The highest BCUT2D eigenvalue weighted by atomic mass is 32.1. The molecule has 0 saturated carbocycles. The molecule has 0 unspecified atom stereocenters. The van der Waals surface area contributed by atoms with E-state index in [0.717, 1.165) is 16.0 Å². The van der Waals surface area contributed by atoms with Crippen LogP contribution in [0.5, 0.6) is 5.75 Å². The van der Waals surface area contributed by atoms with E-state index in [1.807, 2.05) is 49.6 Å². The first kappa shape index (κ1) is 16.3. The second-order valence-electron chi connectivity index (χ2n) is 5.34. The van der Waals surface area contributed by atoms with Gasteiger partial charge in [0.05, 0.1) is 4.88 Å². The molecule has 0 bridgehead atoms. The van der Waals surface area contributed by atoms with Gasteiger partial charge in [-0.1, -0.05) is 18.2 Å². The van der Waals surface area contributed by atoms with Crippen molar-refractivity contribution in [1.82, 2.24) is 4.98 Å². The Hall–Kier alpha value is -2.60.